The number of aliphatic hydroxyl groups is 1. The molecule has 0 rings (SSSR count). The van der Waals surface area contributed by atoms with Crippen LogP contribution in [0.25, 0.3) is 0 Å². The average molecular weight is 668 g/mol. The van der Waals surface area contributed by atoms with E-state index in [-0.39, 0.29) is 12.3 Å². The van der Waals surface area contributed by atoms with Crippen molar-refractivity contribution >= 4 is 16.0 Å². The lowest BCUT2D eigenvalue weighted by atomic mass is 10.0. The van der Waals surface area contributed by atoms with Crippen molar-refractivity contribution in [3.05, 3.63) is 36.5 Å². The summed E-state index contributed by atoms with van der Waals surface area (Å²) >= 11 is 0. The van der Waals surface area contributed by atoms with Crippen molar-refractivity contribution in [2.45, 2.75) is 199 Å². The molecule has 0 heterocycles. The Bertz CT molecular complexity index is 868. The zero-order valence-electron chi connectivity index (χ0n) is 29.9. The maximum absolute atomic E-state index is 12.5. The molecule has 0 spiro atoms. The van der Waals surface area contributed by atoms with Gasteiger partial charge in [-0.05, 0) is 51.4 Å². The second kappa shape index (κ2) is 33.5. The predicted octanol–water partition coefficient (Wildman–Crippen LogP) is 11.0. The summed E-state index contributed by atoms with van der Waals surface area (Å²) < 4.78 is 32.4. The smallest absolute Gasteiger partial charge is 0.267 e. The first-order chi connectivity index (χ1) is 22.3. The Morgan fingerprint density at radius 1 is 0.587 bits per heavy atom. The summed E-state index contributed by atoms with van der Waals surface area (Å²) in [7, 11) is -4.34. The average Bonchev–Trinajstić information content (AvgIpc) is 3.01. The number of nitrogens with one attached hydrogen (secondary N) is 1. The Labute approximate surface area is 285 Å². The minimum absolute atomic E-state index is 0.280. The van der Waals surface area contributed by atoms with Gasteiger partial charge in [0.2, 0.25) is 5.91 Å². The van der Waals surface area contributed by atoms with Crippen LogP contribution in [0.15, 0.2) is 36.5 Å². The summed E-state index contributed by atoms with van der Waals surface area (Å²) in [6, 6.07) is -1.06. The molecule has 1 amide bonds. The third-order valence-electron chi connectivity index (χ3n) is 8.56. The number of unbranched alkanes of at least 4 members (excludes halogenated alkanes) is 22. The molecule has 0 fully saturated rings. The number of aliphatic hydroxyl groups excluding tert-OH is 1. The third-order valence-corrected chi connectivity index (χ3v) is 9.34. The van der Waals surface area contributed by atoms with Gasteiger partial charge in [0.15, 0.2) is 0 Å². The van der Waals surface area contributed by atoms with E-state index in [4.69, 9.17) is 0 Å². The molecular formula is C39H73NO5S. The summed E-state index contributed by atoms with van der Waals surface area (Å²) in [4.78, 5) is 12.5. The molecule has 0 bridgehead atoms. The second-order valence-electron chi connectivity index (χ2n) is 13.2. The standard InChI is InChI=1S/C39H73NO5S/c1-3-5-7-9-11-13-15-17-19-21-23-25-27-29-31-33-35-39(42)40-37(36-46(43,44)45)38(41)34-32-30-28-26-24-22-20-18-16-14-12-10-8-6-4-2/h13,15,19,21,32,34,37-38,41H,3-12,14,16-18,20,22-31,33,35-36H2,1-2H3,(H,40,42)(H,43,44,45)/b15-13-,21-19-,34-32+. The molecule has 2 atom stereocenters. The van der Waals surface area contributed by atoms with E-state index in [1.165, 1.54) is 103 Å². The number of allylic oxidation sites excluding steroid dienone is 5. The molecule has 0 aromatic carbocycles. The van der Waals surface area contributed by atoms with Crippen LogP contribution in [-0.2, 0) is 14.9 Å². The molecule has 46 heavy (non-hydrogen) atoms. The fourth-order valence-corrected chi connectivity index (χ4v) is 6.39. The van der Waals surface area contributed by atoms with Gasteiger partial charge in [-0.25, -0.2) is 0 Å². The van der Waals surface area contributed by atoms with Crippen LogP contribution < -0.4 is 5.32 Å². The van der Waals surface area contributed by atoms with E-state index >= 15 is 0 Å². The SMILES string of the molecule is CCCCCC/C=C\C/C=C\CCCCCCCC(=O)NC(CS(=O)(=O)O)C(O)/C=C/CCCCCCCCCCCCCCC. The summed E-state index contributed by atoms with van der Waals surface area (Å²) in [6.07, 6.45) is 42.6. The lowest BCUT2D eigenvalue weighted by Gasteiger charge is -2.21. The van der Waals surface area contributed by atoms with Crippen molar-refractivity contribution in [3.63, 3.8) is 0 Å². The van der Waals surface area contributed by atoms with Gasteiger partial charge in [-0.15, -0.1) is 0 Å². The number of carbonyl (C=O) groups excluding carboxylic acids is 1. The topological polar surface area (TPSA) is 104 Å². The molecule has 6 nitrogen and oxygen atoms in total. The van der Waals surface area contributed by atoms with Crippen molar-refractivity contribution in [2.24, 2.45) is 0 Å². The Morgan fingerprint density at radius 3 is 1.43 bits per heavy atom. The van der Waals surface area contributed by atoms with Gasteiger partial charge in [0.1, 0.15) is 0 Å². The van der Waals surface area contributed by atoms with E-state index in [0.717, 1.165) is 57.8 Å². The summed E-state index contributed by atoms with van der Waals surface area (Å²) in [5.74, 6) is -0.996. The number of amides is 1. The predicted molar refractivity (Wildman–Crippen MR) is 198 cm³/mol. The summed E-state index contributed by atoms with van der Waals surface area (Å²) in [6.45, 7) is 4.49. The molecule has 0 aromatic heterocycles. The minimum atomic E-state index is -4.34. The lowest BCUT2D eigenvalue weighted by Crippen LogP contribution is -2.46. The summed E-state index contributed by atoms with van der Waals surface area (Å²) in [5.41, 5.74) is 0. The Hall–Kier alpha value is -1.44. The number of rotatable bonds is 34. The van der Waals surface area contributed by atoms with E-state index in [2.05, 4.69) is 43.5 Å². The largest absolute Gasteiger partial charge is 0.387 e. The van der Waals surface area contributed by atoms with Crippen LogP contribution in [0.3, 0.4) is 0 Å². The fraction of sp³-hybridized carbons (Fsp3) is 0.821. The molecule has 0 saturated heterocycles. The molecule has 2 unspecified atom stereocenters. The number of hydrogen-bond donors (Lipinski definition) is 3. The highest BCUT2D eigenvalue weighted by atomic mass is 32.2. The highest BCUT2D eigenvalue weighted by Gasteiger charge is 2.24. The Morgan fingerprint density at radius 2 is 0.978 bits per heavy atom. The van der Waals surface area contributed by atoms with Gasteiger partial charge < -0.3 is 10.4 Å². The highest BCUT2D eigenvalue weighted by molar-refractivity contribution is 7.85. The van der Waals surface area contributed by atoms with Gasteiger partial charge in [-0.3, -0.25) is 9.35 Å². The maximum atomic E-state index is 12.5. The van der Waals surface area contributed by atoms with Gasteiger partial charge >= 0.3 is 0 Å². The van der Waals surface area contributed by atoms with Gasteiger partial charge in [0.25, 0.3) is 10.1 Å². The molecule has 0 aliphatic carbocycles. The van der Waals surface area contributed by atoms with Crippen LogP contribution in [-0.4, -0.2) is 41.9 Å². The van der Waals surface area contributed by atoms with Crippen LogP contribution in [0, 0.1) is 0 Å². The highest BCUT2D eigenvalue weighted by Crippen LogP contribution is 2.14. The van der Waals surface area contributed by atoms with Crippen LogP contribution in [0.5, 0.6) is 0 Å². The molecule has 0 saturated carbocycles. The molecule has 7 heteroatoms. The number of hydrogen-bond acceptors (Lipinski definition) is 4. The van der Waals surface area contributed by atoms with Gasteiger partial charge in [-0.2, -0.15) is 8.42 Å². The molecular weight excluding hydrogens is 594 g/mol. The molecule has 0 aliphatic heterocycles. The fourth-order valence-electron chi connectivity index (χ4n) is 5.65. The lowest BCUT2D eigenvalue weighted by molar-refractivity contribution is -0.122. The van der Waals surface area contributed by atoms with Crippen molar-refractivity contribution in [3.8, 4) is 0 Å². The number of carbonyl (C=O) groups is 1. The molecule has 270 valence electrons. The van der Waals surface area contributed by atoms with Gasteiger partial charge in [0.05, 0.1) is 17.9 Å². The van der Waals surface area contributed by atoms with Crippen molar-refractivity contribution in [1.29, 1.82) is 0 Å². The van der Waals surface area contributed by atoms with Crippen molar-refractivity contribution in [2.75, 3.05) is 5.75 Å². The Kier molecular flexibility index (Phi) is 32.4. The maximum Gasteiger partial charge on any atom is 0.267 e. The van der Waals surface area contributed by atoms with Crippen LogP contribution >= 0.6 is 0 Å². The normalized spacial score (nSPS) is 13.7. The first-order valence-corrected chi connectivity index (χ1v) is 20.8. The zero-order valence-corrected chi connectivity index (χ0v) is 30.8. The monoisotopic (exact) mass is 668 g/mol. The molecule has 0 aromatic rings. The molecule has 0 radical (unpaired) electrons. The molecule has 0 aliphatic rings. The quantitative estimate of drug-likeness (QED) is 0.0360. The van der Waals surface area contributed by atoms with E-state index in [0.29, 0.717) is 6.42 Å². The third kappa shape index (κ3) is 33.9. The molecule has 3 N–H and O–H groups in total. The van der Waals surface area contributed by atoms with E-state index in [1.54, 1.807) is 6.08 Å². The van der Waals surface area contributed by atoms with Crippen molar-refractivity contribution in [1.82, 2.24) is 5.32 Å². The summed E-state index contributed by atoms with van der Waals surface area (Å²) in [5, 5.41) is 13.2. The van der Waals surface area contributed by atoms with Crippen LogP contribution in [0.1, 0.15) is 187 Å². The van der Waals surface area contributed by atoms with E-state index in [9.17, 15) is 22.9 Å². The minimum Gasteiger partial charge on any atom is -0.387 e. The van der Waals surface area contributed by atoms with E-state index in [1.807, 2.05) is 6.08 Å². The Balaban J connectivity index is 4.00. The van der Waals surface area contributed by atoms with Gasteiger partial charge in [-0.1, -0.05) is 166 Å². The van der Waals surface area contributed by atoms with Crippen LogP contribution in [0.4, 0.5) is 0 Å². The second-order valence-corrected chi connectivity index (χ2v) is 14.7. The van der Waals surface area contributed by atoms with Crippen molar-refractivity contribution < 1.29 is 22.9 Å². The zero-order chi connectivity index (χ0) is 34.0. The van der Waals surface area contributed by atoms with Crippen LogP contribution in [0.2, 0.25) is 0 Å². The first-order valence-electron chi connectivity index (χ1n) is 19.2. The van der Waals surface area contributed by atoms with E-state index < -0.39 is 28.0 Å². The first kappa shape index (κ1) is 44.6. The van der Waals surface area contributed by atoms with Gasteiger partial charge in [0, 0.05) is 6.42 Å².